The number of anilines is 1. The monoisotopic (exact) mass is 454 g/mol. The predicted octanol–water partition coefficient (Wildman–Crippen LogP) is 6.07. The Hall–Kier alpha value is -3.36. The van der Waals surface area contributed by atoms with Crippen LogP contribution in [0.15, 0.2) is 66.9 Å². The zero-order valence-electron chi connectivity index (χ0n) is 16.4. The molecule has 0 aliphatic heterocycles. The van der Waals surface area contributed by atoms with Gasteiger partial charge in [-0.1, -0.05) is 47.2 Å². The van der Waals surface area contributed by atoms with Crippen LogP contribution in [0.2, 0.25) is 5.02 Å². The van der Waals surface area contributed by atoms with Crippen molar-refractivity contribution >= 4 is 50.6 Å². The molecule has 4 rings (SSSR count). The Kier molecular flexibility index (Phi) is 6.20. The fourth-order valence-corrected chi connectivity index (χ4v) is 4.38. The molecule has 2 heterocycles. The molecular weight excluding hydrogens is 436 g/mol. The van der Waals surface area contributed by atoms with Crippen molar-refractivity contribution in [2.75, 3.05) is 11.9 Å². The fraction of sp³-hybridized carbons (Fsp3) is 0.136. The SMILES string of the molecule is O=C(Nc1cccc(Cl)c1)N(CCc1c[nH]c2ccccc12)Cc1ccc([N+](=O)[O-])s1. The normalized spacial score (nSPS) is 10.9. The summed E-state index contributed by atoms with van der Waals surface area (Å²) < 4.78 is 0. The van der Waals surface area contributed by atoms with Gasteiger partial charge in [0.15, 0.2) is 0 Å². The molecule has 0 saturated heterocycles. The first kappa shape index (κ1) is 20.9. The number of nitrogens with one attached hydrogen (secondary N) is 2. The summed E-state index contributed by atoms with van der Waals surface area (Å²) in [6.45, 7) is 0.715. The van der Waals surface area contributed by atoms with Crippen molar-refractivity contribution in [3.8, 4) is 0 Å². The number of urea groups is 1. The van der Waals surface area contributed by atoms with E-state index in [1.807, 2.05) is 30.5 Å². The average molecular weight is 455 g/mol. The van der Waals surface area contributed by atoms with Crippen LogP contribution < -0.4 is 5.32 Å². The molecule has 0 spiro atoms. The molecule has 31 heavy (non-hydrogen) atoms. The number of thiophene rings is 1. The Labute approximate surface area is 187 Å². The summed E-state index contributed by atoms with van der Waals surface area (Å²) in [6, 6.07) is 17.8. The minimum absolute atomic E-state index is 0.0572. The van der Waals surface area contributed by atoms with Gasteiger partial charge in [0.1, 0.15) is 0 Å². The second-order valence-electron chi connectivity index (χ2n) is 6.97. The lowest BCUT2D eigenvalue weighted by atomic mass is 10.1. The first-order valence-electron chi connectivity index (χ1n) is 9.59. The van der Waals surface area contributed by atoms with Crippen LogP contribution in [0.3, 0.4) is 0 Å². The molecule has 0 unspecified atom stereocenters. The van der Waals surface area contributed by atoms with Crippen LogP contribution in [0.4, 0.5) is 15.5 Å². The number of nitrogens with zero attached hydrogens (tertiary/aromatic N) is 2. The molecule has 2 amide bonds. The van der Waals surface area contributed by atoms with Gasteiger partial charge >= 0.3 is 11.0 Å². The average Bonchev–Trinajstić information content (AvgIpc) is 3.38. The quantitative estimate of drug-likeness (QED) is 0.262. The fourth-order valence-electron chi connectivity index (χ4n) is 3.35. The Morgan fingerprint density at radius 1 is 1.16 bits per heavy atom. The Balaban J connectivity index is 1.53. The molecule has 0 aliphatic carbocycles. The van der Waals surface area contributed by atoms with Gasteiger partial charge in [-0.2, -0.15) is 0 Å². The summed E-state index contributed by atoms with van der Waals surface area (Å²) >= 11 is 7.10. The molecule has 0 fully saturated rings. The number of carbonyl (C=O) groups excluding carboxylic acids is 1. The number of para-hydroxylation sites is 1. The van der Waals surface area contributed by atoms with Gasteiger partial charge in [0, 0.05) is 45.3 Å². The topological polar surface area (TPSA) is 91.3 Å². The summed E-state index contributed by atoms with van der Waals surface area (Å²) in [7, 11) is 0. The van der Waals surface area contributed by atoms with E-state index in [-0.39, 0.29) is 17.6 Å². The van der Waals surface area contributed by atoms with E-state index >= 15 is 0 Å². The summed E-state index contributed by atoms with van der Waals surface area (Å²) in [5.41, 5.74) is 2.74. The zero-order chi connectivity index (χ0) is 21.8. The van der Waals surface area contributed by atoms with E-state index in [0.29, 0.717) is 23.7 Å². The molecule has 0 atom stereocenters. The number of amides is 2. The van der Waals surface area contributed by atoms with Gasteiger partial charge in [-0.15, -0.1) is 0 Å². The molecule has 0 bridgehead atoms. The van der Waals surface area contributed by atoms with E-state index in [1.165, 1.54) is 6.07 Å². The van der Waals surface area contributed by atoms with Crippen molar-refractivity contribution in [2.24, 2.45) is 0 Å². The van der Waals surface area contributed by atoms with Gasteiger partial charge in [-0.3, -0.25) is 10.1 Å². The molecule has 9 heteroatoms. The third kappa shape index (κ3) is 5.04. The Bertz CT molecular complexity index is 1240. The van der Waals surface area contributed by atoms with Crippen molar-refractivity contribution in [1.29, 1.82) is 0 Å². The maximum absolute atomic E-state index is 13.0. The third-order valence-electron chi connectivity index (χ3n) is 4.86. The smallest absolute Gasteiger partial charge is 0.324 e. The second kappa shape index (κ2) is 9.20. The van der Waals surface area contributed by atoms with E-state index < -0.39 is 4.92 Å². The molecule has 2 aromatic carbocycles. The molecule has 2 aromatic heterocycles. The van der Waals surface area contributed by atoms with Crippen molar-refractivity contribution in [3.05, 3.63) is 92.4 Å². The minimum Gasteiger partial charge on any atom is -0.361 e. The van der Waals surface area contributed by atoms with Gasteiger partial charge in [0.05, 0.1) is 11.5 Å². The highest BCUT2D eigenvalue weighted by Crippen LogP contribution is 2.26. The number of benzene rings is 2. The lowest BCUT2D eigenvalue weighted by Gasteiger charge is -2.22. The van der Waals surface area contributed by atoms with Gasteiger partial charge < -0.3 is 15.2 Å². The summed E-state index contributed by atoms with van der Waals surface area (Å²) in [4.78, 5) is 29.3. The molecule has 2 N–H and O–H groups in total. The van der Waals surface area contributed by atoms with Crippen molar-refractivity contribution in [3.63, 3.8) is 0 Å². The van der Waals surface area contributed by atoms with Crippen LogP contribution in [-0.2, 0) is 13.0 Å². The number of aromatic amines is 1. The lowest BCUT2D eigenvalue weighted by Crippen LogP contribution is -2.35. The van der Waals surface area contributed by atoms with Crippen LogP contribution >= 0.6 is 22.9 Å². The highest BCUT2D eigenvalue weighted by molar-refractivity contribution is 7.15. The zero-order valence-corrected chi connectivity index (χ0v) is 17.9. The van der Waals surface area contributed by atoms with E-state index in [2.05, 4.69) is 10.3 Å². The lowest BCUT2D eigenvalue weighted by molar-refractivity contribution is -0.380. The standard InChI is InChI=1S/C22H19ClN4O3S/c23-16-4-3-5-17(12-16)25-22(28)26(14-18-8-9-21(31-18)27(29)30)11-10-15-13-24-20-7-2-1-6-19(15)20/h1-9,12-13,24H,10-11,14H2,(H,25,28). The van der Waals surface area contributed by atoms with Crippen LogP contribution in [0, 0.1) is 10.1 Å². The summed E-state index contributed by atoms with van der Waals surface area (Å²) in [5, 5.41) is 15.6. The molecule has 158 valence electrons. The molecule has 7 nitrogen and oxygen atoms in total. The van der Waals surface area contributed by atoms with E-state index in [4.69, 9.17) is 11.6 Å². The highest BCUT2D eigenvalue weighted by atomic mass is 35.5. The van der Waals surface area contributed by atoms with Gasteiger partial charge in [-0.05, 0) is 42.3 Å². The number of aromatic nitrogens is 1. The number of hydrogen-bond acceptors (Lipinski definition) is 4. The minimum atomic E-state index is -0.420. The largest absolute Gasteiger partial charge is 0.361 e. The Morgan fingerprint density at radius 3 is 2.77 bits per heavy atom. The molecule has 0 aliphatic rings. The number of hydrogen-bond donors (Lipinski definition) is 2. The number of halogens is 1. The molecular formula is C22H19ClN4O3S. The molecule has 0 saturated carbocycles. The van der Waals surface area contributed by atoms with Crippen LogP contribution in [-0.4, -0.2) is 27.4 Å². The van der Waals surface area contributed by atoms with Crippen LogP contribution in [0.5, 0.6) is 0 Å². The van der Waals surface area contributed by atoms with E-state index in [0.717, 1.165) is 32.7 Å². The van der Waals surface area contributed by atoms with Crippen molar-refractivity contribution < 1.29 is 9.72 Å². The first-order chi connectivity index (χ1) is 15.0. The maximum atomic E-state index is 13.0. The van der Waals surface area contributed by atoms with Crippen molar-refractivity contribution in [2.45, 2.75) is 13.0 Å². The van der Waals surface area contributed by atoms with Gasteiger partial charge in [0.2, 0.25) is 0 Å². The third-order valence-corrected chi connectivity index (χ3v) is 6.12. The van der Waals surface area contributed by atoms with Gasteiger partial charge in [-0.25, -0.2) is 4.79 Å². The van der Waals surface area contributed by atoms with E-state index in [9.17, 15) is 14.9 Å². The number of fused-ring (bicyclic) bond motifs is 1. The summed E-state index contributed by atoms with van der Waals surface area (Å²) in [5.74, 6) is 0. The van der Waals surface area contributed by atoms with E-state index in [1.54, 1.807) is 35.2 Å². The van der Waals surface area contributed by atoms with Crippen LogP contribution in [0.25, 0.3) is 10.9 Å². The summed E-state index contributed by atoms with van der Waals surface area (Å²) in [6.07, 6.45) is 2.59. The number of carbonyl (C=O) groups is 1. The number of H-pyrrole nitrogens is 1. The Morgan fingerprint density at radius 2 is 2.00 bits per heavy atom. The molecule has 4 aromatic rings. The van der Waals surface area contributed by atoms with Crippen molar-refractivity contribution in [1.82, 2.24) is 9.88 Å². The number of rotatable bonds is 7. The maximum Gasteiger partial charge on any atom is 0.324 e. The predicted molar refractivity (Wildman–Crippen MR) is 124 cm³/mol. The highest BCUT2D eigenvalue weighted by Gasteiger charge is 2.18. The molecule has 0 radical (unpaired) electrons. The van der Waals surface area contributed by atoms with Crippen LogP contribution in [0.1, 0.15) is 10.4 Å². The van der Waals surface area contributed by atoms with Gasteiger partial charge in [0.25, 0.3) is 0 Å². The second-order valence-corrected chi connectivity index (χ2v) is 8.55. The first-order valence-corrected chi connectivity index (χ1v) is 10.8. The number of nitro groups is 1.